The molecule has 2 aromatic heterocycles. The van der Waals surface area contributed by atoms with Crippen LogP contribution in [0.3, 0.4) is 0 Å². The first-order valence-corrected chi connectivity index (χ1v) is 8.31. The van der Waals surface area contributed by atoms with Crippen LogP contribution in [0.4, 0.5) is 4.39 Å². The molecule has 0 radical (unpaired) electrons. The Morgan fingerprint density at radius 2 is 1.96 bits per heavy atom. The van der Waals surface area contributed by atoms with Gasteiger partial charge in [-0.05, 0) is 37.1 Å². The Hall–Kier alpha value is -3.22. The molecule has 7 heteroatoms. The number of esters is 1. The van der Waals surface area contributed by atoms with Crippen LogP contribution in [0, 0.1) is 5.82 Å². The summed E-state index contributed by atoms with van der Waals surface area (Å²) in [6.45, 7) is 0. The van der Waals surface area contributed by atoms with Gasteiger partial charge in [-0.15, -0.1) is 0 Å². The number of pyridine rings is 1. The molecular weight excluding hydrogens is 337 g/mol. The first-order valence-electron chi connectivity index (χ1n) is 8.31. The lowest BCUT2D eigenvalue weighted by Gasteiger charge is -2.18. The number of carbonyl (C=O) groups is 2. The maximum Gasteiger partial charge on any atom is 0.340 e. The Balaban J connectivity index is 1.63. The Morgan fingerprint density at radius 1 is 1.19 bits per heavy atom. The van der Waals surface area contributed by atoms with Crippen LogP contribution in [0.25, 0.3) is 11.0 Å². The molecule has 1 unspecified atom stereocenters. The van der Waals surface area contributed by atoms with Crippen LogP contribution in [0.15, 0.2) is 48.8 Å². The highest BCUT2D eigenvalue weighted by atomic mass is 19.1. The van der Waals surface area contributed by atoms with Gasteiger partial charge in [0.1, 0.15) is 11.5 Å². The van der Waals surface area contributed by atoms with Gasteiger partial charge in [0.2, 0.25) is 6.10 Å². The van der Waals surface area contributed by atoms with Crippen LogP contribution in [-0.4, -0.2) is 27.9 Å². The maximum atomic E-state index is 13.2. The molecule has 2 N–H and O–H groups in total. The van der Waals surface area contributed by atoms with Gasteiger partial charge in [0.05, 0.1) is 5.56 Å². The molecule has 1 aliphatic carbocycles. The van der Waals surface area contributed by atoms with Gasteiger partial charge in [-0.3, -0.25) is 4.79 Å². The quantitative estimate of drug-likeness (QED) is 0.691. The second kappa shape index (κ2) is 6.59. The van der Waals surface area contributed by atoms with E-state index in [2.05, 4.69) is 15.3 Å². The number of aromatic nitrogens is 2. The number of fused-ring (bicyclic) bond motifs is 1. The van der Waals surface area contributed by atoms with Gasteiger partial charge < -0.3 is 15.0 Å². The summed E-state index contributed by atoms with van der Waals surface area (Å²) in [6, 6.07) is 8.72. The number of rotatable bonds is 5. The van der Waals surface area contributed by atoms with Gasteiger partial charge in [0.25, 0.3) is 5.91 Å². The number of ether oxygens (including phenoxy) is 1. The average Bonchev–Trinajstić information content (AvgIpc) is 3.32. The Morgan fingerprint density at radius 3 is 2.69 bits per heavy atom. The van der Waals surface area contributed by atoms with Crippen molar-refractivity contribution in [2.24, 2.45) is 0 Å². The third-order valence-electron chi connectivity index (χ3n) is 4.24. The number of nitrogens with one attached hydrogen (secondary N) is 2. The second-order valence-corrected chi connectivity index (χ2v) is 6.22. The summed E-state index contributed by atoms with van der Waals surface area (Å²) in [5, 5.41) is 3.44. The van der Waals surface area contributed by atoms with Crippen molar-refractivity contribution >= 4 is 22.9 Å². The molecule has 1 atom stereocenters. The van der Waals surface area contributed by atoms with E-state index >= 15 is 0 Å². The van der Waals surface area contributed by atoms with Crippen LogP contribution in [-0.2, 0) is 9.53 Å². The van der Waals surface area contributed by atoms with E-state index in [1.54, 1.807) is 18.3 Å². The molecule has 0 saturated heterocycles. The maximum absolute atomic E-state index is 13.2. The molecule has 4 rings (SSSR count). The summed E-state index contributed by atoms with van der Waals surface area (Å²) in [4.78, 5) is 32.3. The average molecular weight is 353 g/mol. The third kappa shape index (κ3) is 3.28. The molecule has 0 spiro atoms. The summed E-state index contributed by atoms with van der Waals surface area (Å²) < 4.78 is 18.7. The minimum Gasteiger partial charge on any atom is -0.444 e. The lowest BCUT2D eigenvalue weighted by atomic mass is 10.1. The number of hydrogen-bond donors (Lipinski definition) is 2. The molecule has 1 fully saturated rings. The van der Waals surface area contributed by atoms with Crippen molar-refractivity contribution in [3.63, 3.8) is 0 Å². The number of aromatic amines is 1. The number of H-pyrrole nitrogens is 1. The largest absolute Gasteiger partial charge is 0.444 e. The Labute approximate surface area is 148 Å². The zero-order valence-corrected chi connectivity index (χ0v) is 13.7. The van der Waals surface area contributed by atoms with E-state index in [1.165, 1.54) is 30.5 Å². The summed E-state index contributed by atoms with van der Waals surface area (Å²) >= 11 is 0. The van der Waals surface area contributed by atoms with Gasteiger partial charge in [-0.2, -0.15) is 0 Å². The minimum atomic E-state index is -1.15. The lowest BCUT2D eigenvalue weighted by Crippen LogP contribution is -2.33. The highest BCUT2D eigenvalue weighted by Crippen LogP contribution is 2.25. The van der Waals surface area contributed by atoms with Crippen LogP contribution >= 0.6 is 0 Å². The Bertz CT molecular complexity index is 964. The predicted octanol–water partition coefficient (Wildman–Crippen LogP) is 2.88. The van der Waals surface area contributed by atoms with E-state index in [9.17, 15) is 14.0 Å². The number of amides is 1. The van der Waals surface area contributed by atoms with Crippen molar-refractivity contribution in [3.05, 3.63) is 65.7 Å². The van der Waals surface area contributed by atoms with Gasteiger partial charge in [0.15, 0.2) is 0 Å². The molecule has 2 heterocycles. The Kier molecular flexibility index (Phi) is 4.12. The van der Waals surface area contributed by atoms with Crippen molar-refractivity contribution in [2.45, 2.75) is 25.0 Å². The van der Waals surface area contributed by atoms with E-state index in [0.717, 1.165) is 12.8 Å². The molecule has 1 saturated carbocycles. The fourth-order valence-electron chi connectivity index (χ4n) is 2.72. The zero-order chi connectivity index (χ0) is 18.1. The van der Waals surface area contributed by atoms with E-state index in [-0.39, 0.29) is 6.04 Å². The molecular formula is C19H16FN3O3. The summed E-state index contributed by atoms with van der Waals surface area (Å²) in [6.07, 6.45) is 3.83. The molecule has 1 amide bonds. The topological polar surface area (TPSA) is 84.1 Å². The summed E-state index contributed by atoms with van der Waals surface area (Å²) in [7, 11) is 0. The van der Waals surface area contributed by atoms with Gasteiger partial charge in [-0.1, -0.05) is 12.1 Å². The molecule has 6 nitrogen and oxygen atoms in total. The van der Waals surface area contributed by atoms with Crippen molar-refractivity contribution in [2.75, 3.05) is 0 Å². The number of carbonyl (C=O) groups excluding carboxylic acids is 2. The van der Waals surface area contributed by atoms with E-state index in [4.69, 9.17) is 4.74 Å². The number of nitrogens with zero attached hydrogens (tertiary/aromatic N) is 1. The normalized spacial score (nSPS) is 14.8. The van der Waals surface area contributed by atoms with Crippen molar-refractivity contribution < 1.29 is 18.7 Å². The zero-order valence-electron chi connectivity index (χ0n) is 13.7. The third-order valence-corrected chi connectivity index (χ3v) is 4.24. The summed E-state index contributed by atoms with van der Waals surface area (Å²) in [5.74, 6) is -1.48. The number of hydrogen-bond acceptors (Lipinski definition) is 4. The van der Waals surface area contributed by atoms with Crippen LogP contribution in [0.5, 0.6) is 0 Å². The lowest BCUT2D eigenvalue weighted by molar-refractivity contribution is -0.130. The van der Waals surface area contributed by atoms with Crippen LogP contribution in [0.1, 0.15) is 34.9 Å². The molecule has 1 aliphatic rings. The smallest absolute Gasteiger partial charge is 0.340 e. The number of benzene rings is 1. The standard InChI is InChI=1S/C19H16FN3O3/c20-12-3-1-11(2-4-12)16(18(24)23-13-5-6-13)26-19(25)15-8-10-22-17-14(15)7-9-21-17/h1-4,7-10,13,16H,5-6H2,(H,21,22)(H,23,24). The molecule has 3 aromatic rings. The van der Waals surface area contributed by atoms with E-state index in [0.29, 0.717) is 22.2 Å². The molecule has 1 aromatic carbocycles. The number of halogens is 1. The van der Waals surface area contributed by atoms with Crippen molar-refractivity contribution in [1.29, 1.82) is 0 Å². The fourth-order valence-corrected chi connectivity index (χ4v) is 2.72. The first kappa shape index (κ1) is 16.3. The first-order chi connectivity index (χ1) is 12.6. The van der Waals surface area contributed by atoms with Crippen LogP contribution in [0.2, 0.25) is 0 Å². The van der Waals surface area contributed by atoms with Gasteiger partial charge in [0, 0.05) is 29.4 Å². The minimum absolute atomic E-state index is 0.112. The molecule has 132 valence electrons. The molecule has 0 aliphatic heterocycles. The monoisotopic (exact) mass is 353 g/mol. The second-order valence-electron chi connectivity index (χ2n) is 6.22. The predicted molar refractivity (Wildman–Crippen MR) is 91.8 cm³/mol. The highest BCUT2D eigenvalue weighted by molar-refractivity contribution is 6.03. The van der Waals surface area contributed by atoms with Crippen LogP contribution < -0.4 is 5.32 Å². The van der Waals surface area contributed by atoms with Gasteiger partial charge in [-0.25, -0.2) is 14.2 Å². The van der Waals surface area contributed by atoms with E-state index in [1.807, 2.05) is 0 Å². The molecule has 0 bridgehead atoms. The highest BCUT2D eigenvalue weighted by Gasteiger charge is 2.31. The molecule has 26 heavy (non-hydrogen) atoms. The van der Waals surface area contributed by atoms with E-state index < -0.39 is 23.8 Å². The van der Waals surface area contributed by atoms with Crippen molar-refractivity contribution in [3.8, 4) is 0 Å². The van der Waals surface area contributed by atoms with Gasteiger partial charge >= 0.3 is 5.97 Å². The SMILES string of the molecule is O=C(OC(C(=O)NC1CC1)c1ccc(F)cc1)c1ccnc2[nH]ccc12. The van der Waals surface area contributed by atoms with Crippen molar-refractivity contribution in [1.82, 2.24) is 15.3 Å². The fraction of sp³-hybridized carbons (Fsp3) is 0.211. The summed E-state index contributed by atoms with van der Waals surface area (Å²) in [5.41, 5.74) is 1.28.